The monoisotopic (exact) mass is 248 g/mol. The molecule has 0 amide bonds. The summed E-state index contributed by atoms with van der Waals surface area (Å²) in [5.74, 6) is -0.284. The Balaban J connectivity index is 2.41. The molecular formula is C15H20O3. The maximum absolute atomic E-state index is 11.9. The van der Waals surface area contributed by atoms with Crippen molar-refractivity contribution in [3.63, 3.8) is 0 Å². The van der Waals surface area contributed by atoms with E-state index in [4.69, 9.17) is 4.74 Å². The second-order valence-corrected chi connectivity index (χ2v) is 5.84. The zero-order valence-corrected chi connectivity index (χ0v) is 11.1. The molecular weight excluding hydrogens is 228 g/mol. The first-order valence-corrected chi connectivity index (χ1v) is 6.27. The van der Waals surface area contributed by atoms with Gasteiger partial charge in [0.05, 0.1) is 6.10 Å². The van der Waals surface area contributed by atoms with Crippen LogP contribution in [0.25, 0.3) is 0 Å². The number of fused-ring (bicyclic) bond motifs is 1. The van der Waals surface area contributed by atoms with Crippen LogP contribution < -0.4 is 0 Å². The first kappa shape index (κ1) is 13.1. The summed E-state index contributed by atoms with van der Waals surface area (Å²) in [6.45, 7) is 9.79. The molecule has 1 saturated heterocycles. The van der Waals surface area contributed by atoms with Gasteiger partial charge in [-0.1, -0.05) is 32.1 Å². The lowest BCUT2D eigenvalue weighted by Crippen LogP contribution is -2.37. The molecule has 0 aromatic rings. The molecule has 1 aliphatic heterocycles. The van der Waals surface area contributed by atoms with E-state index in [0.29, 0.717) is 12.0 Å². The van der Waals surface area contributed by atoms with Crippen molar-refractivity contribution < 1.29 is 14.6 Å². The van der Waals surface area contributed by atoms with Gasteiger partial charge in [0, 0.05) is 11.5 Å². The Morgan fingerprint density at radius 1 is 1.61 bits per heavy atom. The van der Waals surface area contributed by atoms with E-state index in [2.05, 4.69) is 20.4 Å². The van der Waals surface area contributed by atoms with Gasteiger partial charge in [-0.3, -0.25) is 0 Å². The molecule has 0 unspecified atom stereocenters. The van der Waals surface area contributed by atoms with Crippen molar-refractivity contribution in [1.29, 1.82) is 0 Å². The third kappa shape index (κ3) is 2.15. The number of allylic oxidation sites excluding steroid dienone is 2. The smallest absolute Gasteiger partial charge is 0.334 e. The molecule has 0 radical (unpaired) electrons. The first-order chi connectivity index (χ1) is 8.35. The summed E-state index contributed by atoms with van der Waals surface area (Å²) >= 11 is 0. The molecule has 18 heavy (non-hydrogen) atoms. The van der Waals surface area contributed by atoms with Gasteiger partial charge >= 0.3 is 5.97 Å². The fraction of sp³-hybridized carbons (Fsp3) is 0.533. The maximum atomic E-state index is 11.9. The van der Waals surface area contributed by atoms with Crippen LogP contribution in [0.1, 0.15) is 27.2 Å². The van der Waals surface area contributed by atoms with E-state index in [1.54, 1.807) is 12.2 Å². The molecule has 1 N–H and O–H groups in total. The van der Waals surface area contributed by atoms with Crippen molar-refractivity contribution in [3.8, 4) is 0 Å². The van der Waals surface area contributed by atoms with Crippen LogP contribution in [-0.2, 0) is 9.53 Å². The molecule has 98 valence electrons. The fourth-order valence-corrected chi connectivity index (χ4v) is 2.99. The van der Waals surface area contributed by atoms with Gasteiger partial charge in [-0.05, 0) is 30.9 Å². The average molecular weight is 248 g/mol. The Bertz CT molecular complexity index is 443. The molecule has 0 bridgehead atoms. The lowest BCUT2D eigenvalue weighted by Gasteiger charge is -2.38. The molecule has 0 saturated carbocycles. The molecule has 2 aliphatic rings. The highest BCUT2D eigenvalue weighted by Crippen LogP contribution is 2.48. The highest BCUT2D eigenvalue weighted by Gasteiger charge is 2.50. The van der Waals surface area contributed by atoms with Crippen LogP contribution in [-0.4, -0.2) is 23.3 Å². The number of carbonyl (C=O) groups is 1. The summed E-state index contributed by atoms with van der Waals surface area (Å²) in [5, 5.41) is 9.81. The topological polar surface area (TPSA) is 46.5 Å². The second-order valence-electron chi connectivity index (χ2n) is 5.84. The van der Waals surface area contributed by atoms with Crippen molar-refractivity contribution in [2.75, 3.05) is 0 Å². The Morgan fingerprint density at radius 2 is 2.28 bits per heavy atom. The SMILES string of the molecule is C=CC(C)=C[C@H]1OC(=O)C2=C[C@@H](O)CC(C)(C)[C@@H]21. The average Bonchev–Trinajstić information content (AvgIpc) is 2.54. The van der Waals surface area contributed by atoms with Crippen molar-refractivity contribution in [2.24, 2.45) is 11.3 Å². The first-order valence-electron chi connectivity index (χ1n) is 6.27. The van der Waals surface area contributed by atoms with E-state index in [-0.39, 0.29) is 23.4 Å². The zero-order chi connectivity index (χ0) is 13.5. The van der Waals surface area contributed by atoms with E-state index in [9.17, 15) is 9.90 Å². The van der Waals surface area contributed by atoms with Gasteiger partial charge in [-0.2, -0.15) is 0 Å². The van der Waals surface area contributed by atoms with Gasteiger partial charge in [-0.15, -0.1) is 0 Å². The number of hydrogen-bond acceptors (Lipinski definition) is 3. The molecule has 1 aliphatic carbocycles. The normalized spacial score (nSPS) is 34.7. The summed E-state index contributed by atoms with van der Waals surface area (Å²) in [4.78, 5) is 11.9. The van der Waals surface area contributed by atoms with Gasteiger partial charge in [-0.25, -0.2) is 4.79 Å². The molecule has 0 spiro atoms. The molecule has 0 aromatic heterocycles. The largest absolute Gasteiger partial charge is 0.454 e. The molecule has 0 aromatic carbocycles. The van der Waals surface area contributed by atoms with Crippen molar-refractivity contribution in [2.45, 2.75) is 39.4 Å². The minimum atomic E-state index is -0.554. The molecule has 3 nitrogen and oxygen atoms in total. The molecule has 3 atom stereocenters. The van der Waals surface area contributed by atoms with Crippen molar-refractivity contribution in [1.82, 2.24) is 0 Å². The van der Waals surface area contributed by atoms with Crippen LogP contribution in [0, 0.1) is 11.3 Å². The van der Waals surface area contributed by atoms with Crippen molar-refractivity contribution >= 4 is 5.97 Å². The Labute approximate surface area is 108 Å². The van der Waals surface area contributed by atoms with Crippen LogP contribution in [0.15, 0.2) is 36.0 Å². The number of cyclic esters (lactones) is 1. The summed E-state index contributed by atoms with van der Waals surface area (Å²) in [5.41, 5.74) is 1.46. The minimum absolute atomic E-state index is 0.0169. The highest BCUT2D eigenvalue weighted by molar-refractivity contribution is 5.92. The standard InChI is InChI=1S/C15H20O3/c1-5-9(2)6-12-13-11(14(17)18-12)7-10(16)8-15(13,3)4/h5-7,10,12-13,16H,1,8H2,2-4H3/t10-,12-,13+/m1/s1. The van der Waals surface area contributed by atoms with Gasteiger partial charge in [0.1, 0.15) is 6.10 Å². The Morgan fingerprint density at radius 3 is 2.89 bits per heavy atom. The van der Waals surface area contributed by atoms with Gasteiger partial charge < -0.3 is 9.84 Å². The number of hydrogen-bond donors (Lipinski definition) is 1. The van der Waals surface area contributed by atoms with E-state index in [1.807, 2.05) is 13.0 Å². The van der Waals surface area contributed by atoms with E-state index >= 15 is 0 Å². The fourth-order valence-electron chi connectivity index (χ4n) is 2.99. The number of ether oxygens (including phenoxy) is 1. The van der Waals surface area contributed by atoms with Crippen LogP contribution in [0.4, 0.5) is 0 Å². The van der Waals surface area contributed by atoms with Crippen LogP contribution in [0.3, 0.4) is 0 Å². The van der Waals surface area contributed by atoms with Crippen LogP contribution >= 0.6 is 0 Å². The molecule has 1 fully saturated rings. The Kier molecular flexibility index (Phi) is 3.20. The number of aliphatic hydroxyl groups excluding tert-OH is 1. The van der Waals surface area contributed by atoms with Gasteiger partial charge in [0.15, 0.2) is 0 Å². The second kappa shape index (κ2) is 4.39. The lowest BCUT2D eigenvalue weighted by molar-refractivity contribution is -0.137. The lowest BCUT2D eigenvalue weighted by atomic mass is 9.66. The molecule has 3 heteroatoms. The van der Waals surface area contributed by atoms with E-state index < -0.39 is 6.10 Å². The summed E-state index contributed by atoms with van der Waals surface area (Å²) in [6, 6.07) is 0. The quantitative estimate of drug-likeness (QED) is 0.603. The van der Waals surface area contributed by atoms with E-state index in [1.165, 1.54) is 0 Å². The Hall–Kier alpha value is -1.35. The van der Waals surface area contributed by atoms with Gasteiger partial charge in [0.25, 0.3) is 0 Å². The number of esters is 1. The van der Waals surface area contributed by atoms with Crippen LogP contribution in [0.2, 0.25) is 0 Å². The van der Waals surface area contributed by atoms with Crippen LogP contribution in [0.5, 0.6) is 0 Å². The van der Waals surface area contributed by atoms with Gasteiger partial charge in [0.2, 0.25) is 0 Å². The third-order valence-corrected chi connectivity index (χ3v) is 3.84. The minimum Gasteiger partial charge on any atom is -0.454 e. The zero-order valence-electron chi connectivity index (χ0n) is 11.1. The third-order valence-electron chi connectivity index (χ3n) is 3.84. The predicted molar refractivity (Wildman–Crippen MR) is 69.8 cm³/mol. The molecule has 1 heterocycles. The molecule has 2 rings (SSSR count). The summed E-state index contributed by atoms with van der Waals surface area (Å²) in [7, 11) is 0. The van der Waals surface area contributed by atoms with Crippen molar-refractivity contribution in [3.05, 3.63) is 36.0 Å². The maximum Gasteiger partial charge on any atom is 0.334 e. The predicted octanol–water partition coefficient (Wildman–Crippen LogP) is 2.38. The summed E-state index contributed by atoms with van der Waals surface area (Å²) < 4.78 is 5.42. The number of aliphatic hydroxyl groups is 1. The number of rotatable bonds is 2. The number of carbonyl (C=O) groups excluding carboxylic acids is 1. The highest BCUT2D eigenvalue weighted by atomic mass is 16.6. The van der Waals surface area contributed by atoms with E-state index in [0.717, 1.165) is 5.57 Å². The summed E-state index contributed by atoms with van der Waals surface area (Å²) in [6.07, 6.45) is 5.19.